The topological polar surface area (TPSA) is 66.9 Å². The molecule has 0 atom stereocenters. The average molecular weight is 338 g/mol. The summed E-state index contributed by atoms with van der Waals surface area (Å²) in [6, 6.07) is 6.53. The zero-order chi connectivity index (χ0) is 16.3. The van der Waals surface area contributed by atoms with Crippen molar-refractivity contribution >= 4 is 15.9 Å². The number of hydrogen-bond acceptors (Lipinski definition) is 4. The van der Waals surface area contributed by atoms with Crippen molar-refractivity contribution < 1.29 is 17.9 Å². The number of hydrogen-bond donors (Lipinski definition) is 0. The second kappa shape index (κ2) is 6.98. The second-order valence-electron chi connectivity index (χ2n) is 5.87. The van der Waals surface area contributed by atoms with E-state index in [4.69, 9.17) is 4.74 Å². The minimum atomic E-state index is -3.62. The molecule has 2 heterocycles. The summed E-state index contributed by atoms with van der Waals surface area (Å²) in [6.45, 7) is 3.04. The van der Waals surface area contributed by atoms with Gasteiger partial charge in [0, 0.05) is 26.2 Å². The van der Waals surface area contributed by atoms with Crippen molar-refractivity contribution in [1.29, 1.82) is 0 Å². The molecule has 0 aliphatic carbocycles. The van der Waals surface area contributed by atoms with Crippen molar-refractivity contribution in [2.45, 2.75) is 24.2 Å². The summed E-state index contributed by atoms with van der Waals surface area (Å²) in [6.07, 6.45) is 2.80. The van der Waals surface area contributed by atoms with E-state index in [-0.39, 0.29) is 16.4 Å². The van der Waals surface area contributed by atoms with Gasteiger partial charge in [0.2, 0.25) is 10.0 Å². The predicted molar refractivity (Wildman–Crippen MR) is 85.8 cm³/mol. The maximum Gasteiger partial charge on any atom is 0.255 e. The Balaban J connectivity index is 1.92. The number of amides is 1. The second-order valence-corrected chi connectivity index (χ2v) is 7.77. The van der Waals surface area contributed by atoms with Crippen LogP contribution in [0.5, 0.6) is 0 Å². The maximum absolute atomic E-state index is 12.9. The van der Waals surface area contributed by atoms with Crippen molar-refractivity contribution in [2.24, 2.45) is 0 Å². The van der Waals surface area contributed by atoms with Crippen molar-refractivity contribution in [3.05, 3.63) is 29.8 Å². The number of ether oxygens (including phenoxy) is 1. The predicted octanol–water partition coefficient (Wildman–Crippen LogP) is 1.33. The first-order chi connectivity index (χ1) is 11.1. The van der Waals surface area contributed by atoms with Gasteiger partial charge in [0.05, 0.1) is 23.7 Å². The number of sulfonamides is 1. The van der Waals surface area contributed by atoms with Crippen LogP contribution in [-0.2, 0) is 14.8 Å². The molecule has 126 valence electrons. The number of carbonyl (C=O) groups excluding carboxylic acids is 1. The van der Waals surface area contributed by atoms with E-state index in [0.717, 1.165) is 19.3 Å². The molecule has 0 spiro atoms. The number of nitrogens with zero attached hydrogens (tertiary/aromatic N) is 2. The fourth-order valence-corrected chi connectivity index (χ4v) is 4.75. The lowest BCUT2D eigenvalue weighted by molar-refractivity contribution is 0.0300. The molecule has 0 aromatic heterocycles. The monoisotopic (exact) mass is 338 g/mol. The minimum absolute atomic E-state index is 0.124. The molecular formula is C16H22N2O4S. The largest absolute Gasteiger partial charge is 0.378 e. The van der Waals surface area contributed by atoms with Crippen LogP contribution < -0.4 is 0 Å². The lowest BCUT2D eigenvalue weighted by atomic mass is 10.2. The highest BCUT2D eigenvalue weighted by molar-refractivity contribution is 7.89. The molecule has 0 unspecified atom stereocenters. The van der Waals surface area contributed by atoms with E-state index in [1.165, 1.54) is 10.4 Å². The zero-order valence-corrected chi connectivity index (χ0v) is 13.9. The summed E-state index contributed by atoms with van der Waals surface area (Å²) in [5, 5.41) is 0. The van der Waals surface area contributed by atoms with Crippen molar-refractivity contribution in [1.82, 2.24) is 9.21 Å². The van der Waals surface area contributed by atoms with Gasteiger partial charge in [-0.3, -0.25) is 4.79 Å². The zero-order valence-electron chi connectivity index (χ0n) is 13.1. The van der Waals surface area contributed by atoms with Crippen LogP contribution in [0.3, 0.4) is 0 Å². The smallest absolute Gasteiger partial charge is 0.255 e. The molecule has 3 rings (SSSR count). The van der Waals surface area contributed by atoms with Gasteiger partial charge in [0.15, 0.2) is 0 Å². The van der Waals surface area contributed by atoms with E-state index in [2.05, 4.69) is 0 Å². The molecule has 0 N–H and O–H groups in total. The van der Waals surface area contributed by atoms with Crippen LogP contribution in [0.2, 0.25) is 0 Å². The van der Waals surface area contributed by atoms with Crippen molar-refractivity contribution in [3.8, 4) is 0 Å². The first-order valence-electron chi connectivity index (χ1n) is 8.07. The highest BCUT2D eigenvalue weighted by Gasteiger charge is 2.31. The first-order valence-corrected chi connectivity index (χ1v) is 9.51. The van der Waals surface area contributed by atoms with E-state index in [1.807, 2.05) is 0 Å². The number of piperidine rings is 1. The van der Waals surface area contributed by atoms with Crippen LogP contribution in [0.1, 0.15) is 29.6 Å². The highest BCUT2D eigenvalue weighted by Crippen LogP contribution is 2.24. The lowest BCUT2D eigenvalue weighted by Gasteiger charge is -2.29. The normalized spacial score (nSPS) is 20.4. The van der Waals surface area contributed by atoms with E-state index in [0.29, 0.717) is 39.4 Å². The number of carbonyl (C=O) groups is 1. The van der Waals surface area contributed by atoms with Gasteiger partial charge < -0.3 is 9.64 Å². The van der Waals surface area contributed by atoms with Gasteiger partial charge in [-0.05, 0) is 25.0 Å². The maximum atomic E-state index is 12.9. The third kappa shape index (κ3) is 3.41. The Morgan fingerprint density at radius 2 is 1.61 bits per heavy atom. The summed E-state index contributed by atoms with van der Waals surface area (Å²) >= 11 is 0. The fourth-order valence-electron chi connectivity index (χ4n) is 3.05. The van der Waals surface area contributed by atoms with Crippen LogP contribution in [0.15, 0.2) is 29.2 Å². The van der Waals surface area contributed by atoms with Gasteiger partial charge in [0.25, 0.3) is 5.91 Å². The Labute approximate surface area is 137 Å². The molecule has 1 aromatic carbocycles. The van der Waals surface area contributed by atoms with E-state index < -0.39 is 10.0 Å². The van der Waals surface area contributed by atoms with E-state index in [1.54, 1.807) is 23.1 Å². The van der Waals surface area contributed by atoms with Gasteiger partial charge >= 0.3 is 0 Å². The van der Waals surface area contributed by atoms with Crippen LogP contribution in [0.4, 0.5) is 0 Å². The van der Waals surface area contributed by atoms with Crippen LogP contribution in [0, 0.1) is 0 Å². The lowest BCUT2D eigenvalue weighted by Crippen LogP contribution is -2.42. The molecule has 1 amide bonds. The summed E-state index contributed by atoms with van der Waals surface area (Å²) in [4.78, 5) is 14.5. The first kappa shape index (κ1) is 16.4. The van der Waals surface area contributed by atoms with Gasteiger partial charge in [-0.25, -0.2) is 8.42 Å². The summed E-state index contributed by atoms with van der Waals surface area (Å²) in [5.41, 5.74) is 0.264. The molecule has 2 aliphatic rings. The van der Waals surface area contributed by atoms with Crippen LogP contribution >= 0.6 is 0 Å². The SMILES string of the molecule is O=C(c1ccccc1S(=O)(=O)N1CCCCC1)N1CCOCC1. The molecule has 0 radical (unpaired) electrons. The summed E-state index contributed by atoms with van der Waals surface area (Å²) < 4.78 is 32.6. The Morgan fingerprint density at radius 1 is 0.957 bits per heavy atom. The van der Waals surface area contributed by atoms with Crippen LogP contribution in [-0.4, -0.2) is 62.9 Å². The van der Waals surface area contributed by atoms with Crippen molar-refractivity contribution in [3.63, 3.8) is 0 Å². The molecule has 6 nitrogen and oxygen atoms in total. The van der Waals surface area contributed by atoms with Crippen molar-refractivity contribution in [2.75, 3.05) is 39.4 Å². The average Bonchev–Trinajstić information content (AvgIpc) is 2.62. The van der Waals surface area contributed by atoms with Gasteiger partial charge in [-0.1, -0.05) is 18.6 Å². The molecule has 1 aromatic rings. The van der Waals surface area contributed by atoms with Gasteiger partial charge in [-0.2, -0.15) is 4.31 Å². The number of morpholine rings is 1. The quantitative estimate of drug-likeness (QED) is 0.834. The van der Waals surface area contributed by atoms with Gasteiger partial charge in [0.1, 0.15) is 0 Å². The standard InChI is InChI=1S/C16H22N2O4S/c19-16(17-10-12-22-13-11-17)14-6-2-3-7-15(14)23(20,21)18-8-4-1-5-9-18/h2-3,6-7H,1,4-5,8-13H2. The molecule has 7 heteroatoms. The Hall–Kier alpha value is -1.44. The molecule has 0 bridgehead atoms. The molecular weight excluding hydrogens is 316 g/mol. The van der Waals surface area contributed by atoms with Gasteiger partial charge in [-0.15, -0.1) is 0 Å². The third-order valence-corrected chi connectivity index (χ3v) is 6.31. The molecule has 2 aliphatic heterocycles. The molecule has 23 heavy (non-hydrogen) atoms. The summed E-state index contributed by atoms with van der Waals surface area (Å²) in [7, 11) is -3.62. The molecule has 2 fully saturated rings. The van der Waals surface area contributed by atoms with E-state index >= 15 is 0 Å². The Kier molecular flexibility index (Phi) is 4.99. The fraction of sp³-hybridized carbons (Fsp3) is 0.562. The number of benzene rings is 1. The Morgan fingerprint density at radius 3 is 2.30 bits per heavy atom. The molecule has 2 saturated heterocycles. The molecule has 0 saturated carbocycles. The third-order valence-electron chi connectivity index (χ3n) is 4.35. The highest BCUT2D eigenvalue weighted by atomic mass is 32.2. The number of rotatable bonds is 3. The minimum Gasteiger partial charge on any atom is -0.378 e. The summed E-state index contributed by atoms with van der Waals surface area (Å²) in [5.74, 6) is -0.232. The van der Waals surface area contributed by atoms with Crippen LogP contribution in [0.25, 0.3) is 0 Å². The van der Waals surface area contributed by atoms with E-state index in [9.17, 15) is 13.2 Å². The Bertz CT molecular complexity index is 662.